The Balaban J connectivity index is 1.92. The second-order valence-corrected chi connectivity index (χ2v) is 6.08. The number of benzene rings is 2. The van der Waals surface area contributed by atoms with Crippen LogP contribution in [0.1, 0.15) is 34.1 Å². The van der Waals surface area contributed by atoms with Crippen LogP contribution >= 0.6 is 0 Å². The third kappa shape index (κ3) is 3.26. The molecule has 0 radical (unpaired) electrons. The van der Waals surface area contributed by atoms with Gasteiger partial charge in [-0.2, -0.15) is 0 Å². The molecule has 3 rings (SSSR count). The van der Waals surface area contributed by atoms with Gasteiger partial charge in [-0.1, -0.05) is 43.3 Å². The second-order valence-electron chi connectivity index (χ2n) is 6.08. The van der Waals surface area contributed by atoms with Crippen molar-refractivity contribution in [1.29, 1.82) is 0 Å². The quantitative estimate of drug-likeness (QED) is 0.889. The van der Waals surface area contributed by atoms with Crippen LogP contribution < -0.4 is 5.32 Å². The number of rotatable bonds is 5. The van der Waals surface area contributed by atoms with Crippen molar-refractivity contribution in [3.05, 3.63) is 59.7 Å². The summed E-state index contributed by atoms with van der Waals surface area (Å²) < 4.78 is 0. The molecule has 1 amide bonds. The molecular weight excluding hydrogens is 290 g/mol. The van der Waals surface area contributed by atoms with Crippen LogP contribution in [0.25, 0.3) is 11.1 Å². The van der Waals surface area contributed by atoms with E-state index in [0.29, 0.717) is 35.1 Å². The lowest BCUT2D eigenvalue weighted by Gasteiger charge is -2.12. The highest BCUT2D eigenvalue weighted by atomic mass is 16.4. The van der Waals surface area contributed by atoms with Gasteiger partial charge in [0.25, 0.3) is 5.91 Å². The molecular formula is C19H19NO3. The Labute approximate surface area is 135 Å². The van der Waals surface area contributed by atoms with Gasteiger partial charge in [-0.25, -0.2) is 4.79 Å². The van der Waals surface area contributed by atoms with E-state index in [-0.39, 0.29) is 11.5 Å². The molecule has 4 nitrogen and oxygen atoms in total. The van der Waals surface area contributed by atoms with Gasteiger partial charge in [0.1, 0.15) is 0 Å². The summed E-state index contributed by atoms with van der Waals surface area (Å²) in [6, 6.07) is 13.9. The first-order valence-electron chi connectivity index (χ1n) is 7.78. The summed E-state index contributed by atoms with van der Waals surface area (Å²) in [5.41, 5.74) is 1.91. The maximum atomic E-state index is 12.5. The highest BCUT2D eigenvalue weighted by Gasteiger charge is 2.32. The summed E-state index contributed by atoms with van der Waals surface area (Å²) in [4.78, 5) is 23.9. The third-order valence-corrected chi connectivity index (χ3v) is 4.42. The van der Waals surface area contributed by atoms with Gasteiger partial charge in [-0.05, 0) is 41.5 Å². The molecule has 118 valence electrons. The van der Waals surface area contributed by atoms with Crippen LogP contribution in [0.2, 0.25) is 0 Å². The highest BCUT2D eigenvalue weighted by Crippen LogP contribution is 2.37. The average molecular weight is 309 g/mol. The summed E-state index contributed by atoms with van der Waals surface area (Å²) in [7, 11) is 0. The van der Waals surface area contributed by atoms with Gasteiger partial charge in [-0.15, -0.1) is 0 Å². The Bertz CT molecular complexity index is 754. The number of nitrogens with one attached hydrogen (secondary N) is 1. The molecule has 0 heterocycles. The number of hydrogen-bond acceptors (Lipinski definition) is 2. The van der Waals surface area contributed by atoms with E-state index in [2.05, 4.69) is 12.2 Å². The number of carbonyl (C=O) groups is 2. The first-order chi connectivity index (χ1) is 11.1. The zero-order valence-electron chi connectivity index (χ0n) is 13.0. The molecule has 0 aliphatic heterocycles. The van der Waals surface area contributed by atoms with E-state index in [4.69, 9.17) is 0 Å². The van der Waals surface area contributed by atoms with E-state index in [1.165, 1.54) is 0 Å². The molecule has 1 aliphatic rings. The normalized spacial score (nSPS) is 19.2. The zero-order chi connectivity index (χ0) is 16.4. The van der Waals surface area contributed by atoms with E-state index in [0.717, 1.165) is 6.42 Å². The van der Waals surface area contributed by atoms with E-state index in [1.54, 1.807) is 42.5 Å². The summed E-state index contributed by atoms with van der Waals surface area (Å²) in [6.45, 7) is 2.85. The number of carbonyl (C=O) groups excluding carboxylic acids is 1. The number of amides is 1. The van der Waals surface area contributed by atoms with Crippen molar-refractivity contribution < 1.29 is 14.7 Å². The van der Waals surface area contributed by atoms with Crippen molar-refractivity contribution >= 4 is 11.9 Å². The van der Waals surface area contributed by atoms with Crippen LogP contribution in [0.5, 0.6) is 0 Å². The van der Waals surface area contributed by atoms with Gasteiger partial charge in [0, 0.05) is 12.1 Å². The lowest BCUT2D eigenvalue weighted by atomic mass is 9.95. The van der Waals surface area contributed by atoms with E-state index >= 15 is 0 Å². The monoisotopic (exact) mass is 309 g/mol. The molecule has 2 N–H and O–H groups in total. The molecule has 2 aromatic carbocycles. The largest absolute Gasteiger partial charge is 0.478 e. The molecule has 0 saturated heterocycles. The predicted molar refractivity (Wildman–Crippen MR) is 88.4 cm³/mol. The summed E-state index contributed by atoms with van der Waals surface area (Å²) in [5, 5.41) is 12.3. The van der Waals surface area contributed by atoms with Crippen molar-refractivity contribution in [3.8, 4) is 11.1 Å². The van der Waals surface area contributed by atoms with E-state index < -0.39 is 5.97 Å². The molecule has 0 bridgehead atoms. The molecule has 2 unspecified atom stereocenters. The van der Waals surface area contributed by atoms with Crippen LogP contribution in [-0.4, -0.2) is 23.5 Å². The van der Waals surface area contributed by atoms with Gasteiger partial charge in [0.15, 0.2) is 0 Å². The molecule has 4 heteroatoms. The Morgan fingerprint density at radius 2 is 1.57 bits per heavy atom. The lowest BCUT2D eigenvalue weighted by molar-refractivity contribution is 0.0697. The molecule has 0 spiro atoms. The topological polar surface area (TPSA) is 66.4 Å². The lowest BCUT2D eigenvalue weighted by Crippen LogP contribution is -2.26. The molecule has 2 atom stereocenters. The first kappa shape index (κ1) is 15.3. The smallest absolute Gasteiger partial charge is 0.336 e. The first-order valence-corrected chi connectivity index (χ1v) is 7.78. The standard InChI is InChI=1S/C19H19NO3/c1-12-10-13(12)11-20-18(21)16-8-4-2-6-14(16)15-7-3-5-9-17(15)19(22)23/h2-9,12-13H,10-11H2,1H3,(H,20,21)(H,22,23). The maximum Gasteiger partial charge on any atom is 0.336 e. The minimum Gasteiger partial charge on any atom is -0.478 e. The Hall–Kier alpha value is -2.62. The fourth-order valence-electron chi connectivity index (χ4n) is 2.82. The van der Waals surface area contributed by atoms with Crippen LogP contribution in [0.3, 0.4) is 0 Å². The SMILES string of the molecule is CC1CC1CNC(=O)c1ccccc1-c1ccccc1C(=O)O. The van der Waals surface area contributed by atoms with Gasteiger partial charge in [0.2, 0.25) is 0 Å². The summed E-state index contributed by atoms with van der Waals surface area (Å²) in [6.07, 6.45) is 1.16. The molecule has 1 saturated carbocycles. The molecule has 23 heavy (non-hydrogen) atoms. The van der Waals surface area contributed by atoms with Gasteiger partial charge < -0.3 is 10.4 Å². The Morgan fingerprint density at radius 1 is 1.04 bits per heavy atom. The molecule has 2 aromatic rings. The van der Waals surface area contributed by atoms with Gasteiger partial charge in [0.05, 0.1) is 5.56 Å². The molecule has 1 aliphatic carbocycles. The third-order valence-electron chi connectivity index (χ3n) is 4.42. The predicted octanol–water partition coefficient (Wildman–Crippen LogP) is 3.44. The van der Waals surface area contributed by atoms with Gasteiger partial charge >= 0.3 is 5.97 Å². The number of aromatic carboxylic acids is 1. The van der Waals surface area contributed by atoms with Crippen LogP contribution in [0.15, 0.2) is 48.5 Å². The zero-order valence-corrected chi connectivity index (χ0v) is 13.0. The minimum atomic E-state index is -0.998. The summed E-state index contributed by atoms with van der Waals surface area (Å²) in [5.74, 6) is 0.0956. The van der Waals surface area contributed by atoms with Crippen LogP contribution in [0.4, 0.5) is 0 Å². The van der Waals surface area contributed by atoms with Crippen LogP contribution in [0, 0.1) is 11.8 Å². The summed E-state index contributed by atoms with van der Waals surface area (Å²) >= 11 is 0. The van der Waals surface area contributed by atoms with Crippen molar-refractivity contribution in [2.24, 2.45) is 11.8 Å². The number of hydrogen-bond donors (Lipinski definition) is 2. The second kappa shape index (κ2) is 6.24. The van der Waals surface area contributed by atoms with E-state index in [9.17, 15) is 14.7 Å². The van der Waals surface area contributed by atoms with Crippen molar-refractivity contribution in [2.75, 3.05) is 6.54 Å². The van der Waals surface area contributed by atoms with Crippen molar-refractivity contribution in [2.45, 2.75) is 13.3 Å². The van der Waals surface area contributed by atoms with Crippen molar-refractivity contribution in [1.82, 2.24) is 5.32 Å². The average Bonchev–Trinajstić information content (AvgIpc) is 3.28. The maximum absolute atomic E-state index is 12.5. The highest BCUT2D eigenvalue weighted by molar-refractivity contribution is 6.04. The number of carboxylic acid groups (broad SMARTS) is 1. The fraction of sp³-hybridized carbons (Fsp3) is 0.263. The minimum absolute atomic E-state index is 0.153. The van der Waals surface area contributed by atoms with Crippen molar-refractivity contribution in [3.63, 3.8) is 0 Å². The fourth-order valence-corrected chi connectivity index (χ4v) is 2.82. The Morgan fingerprint density at radius 3 is 2.13 bits per heavy atom. The van der Waals surface area contributed by atoms with Gasteiger partial charge in [-0.3, -0.25) is 4.79 Å². The van der Waals surface area contributed by atoms with E-state index in [1.807, 2.05) is 6.07 Å². The number of carboxylic acids is 1. The van der Waals surface area contributed by atoms with Crippen LogP contribution in [-0.2, 0) is 0 Å². The molecule has 1 fully saturated rings. The Kier molecular flexibility index (Phi) is 4.15. The molecule has 0 aromatic heterocycles.